The summed E-state index contributed by atoms with van der Waals surface area (Å²) in [5.74, 6) is -0.598. The van der Waals surface area contributed by atoms with E-state index in [1.165, 1.54) is 18.2 Å². The number of hydrogen-bond donors (Lipinski definition) is 1. The Morgan fingerprint density at radius 1 is 1.50 bits per heavy atom. The van der Waals surface area contributed by atoms with Crippen molar-refractivity contribution in [2.45, 2.75) is 6.42 Å². The quantitative estimate of drug-likeness (QED) is 0.937. The number of amides is 1. The highest BCUT2D eigenvalue weighted by Crippen LogP contribution is 2.17. The zero-order chi connectivity index (χ0) is 13.0. The first kappa shape index (κ1) is 13.2. The molecule has 1 N–H and O–H groups in total. The number of rotatable bonds is 4. The van der Waals surface area contributed by atoms with Crippen molar-refractivity contribution in [3.8, 4) is 0 Å². The minimum absolute atomic E-state index is 0.224. The van der Waals surface area contributed by atoms with Crippen LogP contribution in [0.2, 0.25) is 0 Å². The lowest BCUT2D eigenvalue weighted by molar-refractivity contribution is 0.0953. The lowest BCUT2D eigenvalue weighted by atomic mass is 10.2. The molecule has 0 bridgehead atoms. The number of carbonyl (C=O) groups is 1. The number of nitrogens with one attached hydrogen (secondary N) is 1. The molecule has 18 heavy (non-hydrogen) atoms. The van der Waals surface area contributed by atoms with Crippen LogP contribution >= 0.6 is 27.3 Å². The van der Waals surface area contributed by atoms with Crippen molar-refractivity contribution in [3.63, 3.8) is 0 Å². The van der Waals surface area contributed by atoms with E-state index in [9.17, 15) is 9.18 Å². The van der Waals surface area contributed by atoms with Crippen molar-refractivity contribution in [1.82, 2.24) is 10.3 Å². The lowest BCUT2D eigenvalue weighted by Gasteiger charge is -2.06. The van der Waals surface area contributed by atoms with Crippen LogP contribution in [0.3, 0.4) is 0 Å². The van der Waals surface area contributed by atoms with Crippen LogP contribution in [-0.4, -0.2) is 17.4 Å². The van der Waals surface area contributed by atoms with E-state index in [1.54, 1.807) is 17.5 Å². The second-order valence-electron chi connectivity index (χ2n) is 3.56. The van der Waals surface area contributed by atoms with E-state index < -0.39 is 0 Å². The number of hydrogen-bond acceptors (Lipinski definition) is 3. The van der Waals surface area contributed by atoms with E-state index in [0.29, 0.717) is 23.0 Å². The summed E-state index contributed by atoms with van der Waals surface area (Å²) in [5, 5.41) is 5.65. The van der Waals surface area contributed by atoms with Crippen molar-refractivity contribution in [1.29, 1.82) is 0 Å². The summed E-state index contributed by atoms with van der Waals surface area (Å²) >= 11 is 4.72. The Morgan fingerprint density at radius 3 is 3.00 bits per heavy atom. The van der Waals surface area contributed by atoms with Crippen molar-refractivity contribution < 1.29 is 9.18 Å². The standard InChI is InChI=1S/C12H10BrFN2OS/c13-10-7-8(14)1-2-9(10)12(17)16-4-3-11-15-5-6-18-11/h1-2,5-7H,3-4H2,(H,16,17). The third-order valence-electron chi connectivity index (χ3n) is 2.28. The maximum atomic E-state index is 12.9. The van der Waals surface area contributed by atoms with Crippen LogP contribution in [0.15, 0.2) is 34.2 Å². The average Bonchev–Trinajstić information content (AvgIpc) is 2.81. The first-order chi connectivity index (χ1) is 8.66. The molecule has 0 saturated carbocycles. The zero-order valence-electron chi connectivity index (χ0n) is 9.32. The molecule has 0 aliphatic carbocycles. The molecule has 0 aliphatic heterocycles. The Labute approximate surface area is 116 Å². The smallest absolute Gasteiger partial charge is 0.252 e. The van der Waals surface area contributed by atoms with Crippen LogP contribution in [0.1, 0.15) is 15.4 Å². The van der Waals surface area contributed by atoms with Gasteiger partial charge in [0, 0.05) is 29.0 Å². The van der Waals surface area contributed by atoms with E-state index in [-0.39, 0.29) is 11.7 Å². The highest BCUT2D eigenvalue weighted by molar-refractivity contribution is 9.10. The van der Waals surface area contributed by atoms with Gasteiger partial charge < -0.3 is 5.32 Å². The Balaban J connectivity index is 1.91. The summed E-state index contributed by atoms with van der Waals surface area (Å²) in [6.07, 6.45) is 2.43. The van der Waals surface area contributed by atoms with Gasteiger partial charge in [0.25, 0.3) is 5.91 Å². The van der Waals surface area contributed by atoms with Gasteiger partial charge in [0.05, 0.1) is 10.6 Å². The Kier molecular flexibility index (Phi) is 4.43. The predicted molar refractivity (Wildman–Crippen MR) is 72.3 cm³/mol. The minimum Gasteiger partial charge on any atom is -0.352 e. The molecule has 0 saturated heterocycles. The van der Waals surface area contributed by atoms with Crippen LogP contribution in [-0.2, 0) is 6.42 Å². The van der Waals surface area contributed by atoms with Crippen molar-refractivity contribution in [3.05, 3.63) is 50.6 Å². The molecule has 0 aliphatic rings. The molecule has 1 aromatic carbocycles. The third kappa shape index (κ3) is 3.36. The fourth-order valence-corrected chi connectivity index (χ4v) is 2.58. The van der Waals surface area contributed by atoms with Gasteiger partial charge in [-0.25, -0.2) is 9.37 Å². The first-order valence-corrected chi connectivity index (χ1v) is 6.95. The van der Waals surface area contributed by atoms with E-state index >= 15 is 0 Å². The minimum atomic E-state index is -0.374. The lowest BCUT2D eigenvalue weighted by Crippen LogP contribution is -2.26. The van der Waals surface area contributed by atoms with Gasteiger partial charge in [0.15, 0.2) is 0 Å². The molecule has 1 aromatic heterocycles. The Hall–Kier alpha value is -1.27. The maximum absolute atomic E-state index is 12.9. The average molecular weight is 329 g/mol. The SMILES string of the molecule is O=C(NCCc1nccs1)c1ccc(F)cc1Br. The van der Waals surface area contributed by atoms with Crippen LogP contribution in [0.5, 0.6) is 0 Å². The molecular formula is C12H10BrFN2OS. The number of carbonyl (C=O) groups excluding carboxylic acids is 1. The molecule has 0 atom stereocenters. The molecule has 1 heterocycles. The maximum Gasteiger partial charge on any atom is 0.252 e. The highest BCUT2D eigenvalue weighted by Gasteiger charge is 2.10. The van der Waals surface area contributed by atoms with Crippen LogP contribution in [0.4, 0.5) is 4.39 Å². The summed E-state index contributed by atoms with van der Waals surface area (Å²) in [6, 6.07) is 3.99. The van der Waals surface area contributed by atoms with Gasteiger partial charge in [-0.3, -0.25) is 4.79 Å². The Morgan fingerprint density at radius 2 is 2.33 bits per heavy atom. The monoisotopic (exact) mass is 328 g/mol. The van der Waals surface area contributed by atoms with Gasteiger partial charge in [0.1, 0.15) is 5.82 Å². The topological polar surface area (TPSA) is 42.0 Å². The molecule has 0 fully saturated rings. The molecule has 0 radical (unpaired) electrons. The number of benzene rings is 1. The summed E-state index contributed by atoms with van der Waals surface area (Å²) in [7, 11) is 0. The summed E-state index contributed by atoms with van der Waals surface area (Å²) in [6.45, 7) is 0.510. The molecule has 1 amide bonds. The molecule has 0 unspecified atom stereocenters. The van der Waals surface area contributed by atoms with Crippen molar-refractivity contribution in [2.24, 2.45) is 0 Å². The van der Waals surface area contributed by atoms with E-state index in [0.717, 1.165) is 5.01 Å². The molecule has 6 heteroatoms. The number of thiazole rings is 1. The second kappa shape index (κ2) is 6.06. The fourth-order valence-electron chi connectivity index (χ4n) is 1.43. The van der Waals surface area contributed by atoms with Crippen LogP contribution in [0, 0.1) is 5.82 Å². The second-order valence-corrected chi connectivity index (χ2v) is 5.39. The van der Waals surface area contributed by atoms with Crippen LogP contribution < -0.4 is 5.32 Å². The first-order valence-electron chi connectivity index (χ1n) is 5.28. The molecule has 3 nitrogen and oxygen atoms in total. The fraction of sp³-hybridized carbons (Fsp3) is 0.167. The van der Waals surface area contributed by atoms with Crippen molar-refractivity contribution in [2.75, 3.05) is 6.54 Å². The summed E-state index contributed by atoms with van der Waals surface area (Å²) in [4.78, 5) is 15.9. The van der Waals surface area contributed by atoms with Gasteiger partial charge in [0.2, 0.25) is 0 Å². The van der Waals surface area contributed by atoms with Crippen LogP contribution in [0.25, 0.3) is 0 Å². The number of nitrogens with zero attached hydrogens (tertiary/aromatic N) is 1. The number of halogens is 2. The molecule has 2 rings (SSSR count). The van der Waals surface area contributed by atoms with Crippen molar-refractivity contribution >= 4 is 33.2 Å². The molecule has 0 spiro atoms. The van der Waals surface area contributed by atoms with Gasteiger partial charge in [-0.05, 0) is 34.1 Å². The molecule has 94 valence electrons. The van der Waals surface area contributed by atoms with E-state index in [1.807, 2.05) is 5.38 Å². The molecular weight excluding hydrogens is 319 g/mol. The summed E-state index contributed by atoms with van der Waals surface area (Å²) in [5.41, 5.74) is 0.426. The molecule has 2 aromatic rings. The largest absolute Gasteiger partial charge is 0.352 e. The third-order valence-corrected chi connectivity index (χ3v) is 3.78. The van der Waals surface area contributed by atoms with E-state index in [4.69, 9.17) is 0 Å². The van der Waals surface area contributed by atoms with Gasteiger partial charge >= 0.3 is 0 Å². The highest BCUT2D eigenvalue weighted by atomic mass is 79.9. The predicted octanol–water partition coefficient (Wildman–Crippen LogP) is 3.02. The Bertz CT molecular complexity index is 545. The van der Waals surface area contributed by atoms with Gasteiger partial charge in [-0.15, -0.1) is 11.3 Å². The van der Waals surface area contributed by atoms with Gasteiger partial charge in [-0.1, -0.05) is 0 Å². The zero-order valence-corrected chi connectivity index (χ0v) is 11.7. The summed E-state index contributed by atoms with van der Waals surface area (Å²) < 4.78 is 13.3. The van der Waals surface area contributed by atoms with E-state index in [2.05, 4.69) is 26.2 Å². The van der Waals surface area contributed by atoms with Gasteiger partial charge in [-0.2, -0.15) is 0 Å². The normalized spacial score (nSPS) is 10.3. The number of aromatic nitrogens is 1.